The Hall–Kier alpha value is -2.20. The van der Waals surface area contributed by atoms with Crippen LogP contribution in [0.15, 0.2) is 23.4 Å². The van der Waals surface area contributed by atoms with Crippen LogP contribution in [0.2, 0.25) is 0 Å². The Labute approximate surface area is 152 Å². The Balaban J connectivity index is 2.18. The summed E-state index contributed by atoms with van der Waals surface area (Å²) in [6.45, 7) is 6.03. The molecule has 26 heavy (non-hydrogen) atoms. The van der Waals surface area contributed by atoms with Gasteiger partial charge in [-0.25, -0.2) is 18.0 Å². The standard InChI is InChI=1S/C16H23N3O6S/c1-16(2,3)25-15(22)18-7-4-8-19(10-9-18)26(23,24)13-11-17-6-5-12(13)14(20)21/h5-6,11H,4,7-10H2,1-3H3,(H,20,21). The highest BCUT2D eigenvalue weighted by Crippen LogP contribution is 2.21. The van der Waals surface area contributed by atoms with E-state index in [4.69, 9.17) is 4.74 Å². The predicted octanol–water partition coefficient (Wildman–Crippen LogP) is 1.41. The molecule has 1 aliphatic rings. The molecule has 1 N–H and O–H groups in total. The van der Waals surface area contributed by atoms with Gasteiger partial charge in [-0.2, -0.15) is 4.31 Å². The smallest absolute Gasteiger partial charge is 0.410 e. The number of hydrogen-bond donors (Lipinski definition) is 1. The van der Waals surface area contributed by atoms with Crippen LogP contribution in [0, 0.1) is 0 Å². The fourth-order valence-electron chi connectivity index (χ4n) is 2.54. The second-order valence-corrected chi connectivity index (χ2v) is 8.81. The highest BCUT2D eigenvalue weighted by Gasteiger charge is 2.32. The van der Waals surface area contributed by atoms with Gasteiger partial charge in [0.15, 0.2) is 0 Å². The van der Waals surface area contributed by atoms with Crippen molar-refractivity contribution in [3.05, 3.63) is 24.0 Å². The first kappa shape index (κ1) is 20.1. The molecule has 10 heteroatoms. The number of aromatic nitrogens is 1. The van der Waals surface area contributed by atoms with Crippen LogP contribution in [0.25, 0.3) is 0 Å². The Morgan fingerprint density at radius 2 is 1.88 bits per heavy atom. The molecule has 0 aromatic carbocycles. The lowest BCUT2D eigenvalue weighted by Crippen LogP contribution is -2.40. The Morgan fingerprint density at radius 3 is 2.50 bits per heavy atom. The van der Waals surface area contributed by atoms with Crippen LogP contribution < -0.4 is 0 Å². The minimum absolute atomic E-state index is 0.0511. The Kier molecular flexibility index (Phi) is 5.87. The third-order valence-corrected chi connectivity index (χ3v) is 5.67. The summed E-state index contributed by atoms with van der Waals surface area (Å²) in [4.78, 5) is 28.4. The van der Waals surface area contributed by atoms with Crippen LogP contribution in [-0.2, 0) is 14.8 Å². The minimum Gasteiger partial charge on any atom is -0.478 e. The number of carbonyl (C=O) groups is 2. The summed E-state index contributed by atoms with van der Waals surface area (Å²) >= 11 is 0. The number of aromatic carboxylic acids is 1. The summed E-state index contributed by atoms with van der Waals surface area (Å²) in [6, 6.07) is 1.15. The van der Waals surface area contributed by atoms with Gasteiger partial charge in [0.25, 0.3) is 0 Å². The Bertz CT molecular complexity index is 787. The minimum atomic E-state index is -4.03. The molecule has 1 aromatic rings. The molecule has 0 atom stereocenters. The van der Waals surface area contributed by atoms with Gasteiger partial charge >= 0.3 is 12.1 Å². The fourth-order valence-corrected chi connectivity index (χ4v) is 4.14. The van der Waals surface area contributed by atoms with Gasteiger partial charge in [0.1, 0.15) is 10.5 Å². The molecule has 1 aliphatic heterocycles. The third kappa shape index (κ3) is 4.70. The van der Waals surface area contributed by atoms with Gasteiger partial charge in [-0.3, -0.25) is 4.98 Å². The average Bonchev–Trinajstić information content (AvgIpc) is 2.80. The number of sulfonamides is 1. The summed E-state index contributed by atoms with van der Waals surface area (Å²) in [5.41, 5.74) is -0.963. The first-order chi connectivity index (χ1) is 12.0. The van der Waals surface area contributed by atoms with Gasteiger partial charge in [0.05, 0.1) is 5.56 Å². The second-order valence-electron chi connectivity index (χ2n) is 6.90. The van der Waals surface area contributed by atoms with Crippen molar-refractivity contribution in [3.8, 4) is 0 Å². The van der Waals surface area contributed by atoms with Crippen molar-refractivity contribution in [1.29, 1.82) is 0 Å². The van der Waals surface area contributed by atoms with Crippen LogP contribution in [-0.4, -0.2) is 71.6 Å². The number of amides is 1. The lowest BCUT2D eigenvalue weighted by atomic mass is 10.2. The molecule has 0 saturated carbocycles. The van der Waals surface area contributed by atoms with Crippen molar-refractivity contribution >= 4 is 22.1 Å². The molecule has 144 valence electrons. The molecular formula is C16H23N3O6S. The lowest BCUT2D eigenvalue weighted by Gasteiger charge is -2.26. The lowest BCUT2D eigenvalue weighted by molar-refractivity contribution is 0.0260. The maximum absolute atomic E-state index is 12.9. The summed E-state index contributed by atoms with van der Waals surface area (Å²) in [6.07, 6.45) is 2.19. The maximum Gasteiger partial charge on any atom is 0.410 e. The molecular weight excluding hydrogens is 362 g/mol. The van der Waals surface area contributed by atoms with Crippen molar-refractivity contribution in [2.75, 3.05) is 26.2 Å². The molecule has 1 aromatic heterocycles. The van der Waals surface area contributed by atoms with E-state index in [-0.39, 0.29) is 30.1 Å². The number of rotatable bonds is 3. The summed E-state index contributed by atoms with van der Waals surface area (Å²) in [5, 5.41) is 9.23. The Morgan fingerprint density at radius 1 is 1.19 bits per heavy atom. The number of carbonyl (C=O) groups excluding carboxylic acids is 1. The van der Waals surface area contributed by atoms with Crippen LogP contribution in [0.5, 0.6) is 0 Å². The number of carboxylic acids is 1. The molecule has 2 rings (SSSR count). The first-order valence-electron chi connectivity index (χ1n) is 8.18. The van der Waals surface area contributed by atoms with Gasteiger partial charge in [0.2, 0.25) is 10.0 Å². The molecule has 1 saturated heterocycles. The van der Waals surface area contributed by atoms with E-state index in [9.17, 15) is 23.1 Å². The number of nitrogens with zero attached hydrogens (tertiary/aromatic N) is 3. The molecule has 2 heterocycles. The molecule has 0 spiro atoms. The molecule has 1 fully saturated rings. The van der Waals surface area contributed by atoms with E-state index in [0.29, 0.717) is 13.0 Å². The van der Waals surface area contributed by atoms with Crippen LogP contribution in [0.1, 0.15) is 37.6 Å². The monoisotopic (exact) mass is 385 g/mol. The zero-order valence-corrected chi connectivity index (χ0v) is 15.8. The van der Waals surface area contributed by atoms with E-state index < -0.39 is 27.7 Å². The van der Waals surface area contributed by atoms with E-state index >= 15 is 0 Å². The van der Waals surface area contributed by atoms with Crippen LogP contribution in [0.3, 0.4) is 0 Å². The van der Waals surface area contributed by atoms with Crippen molar-refractivity contribution in [2.45, 2.75) is 37.7 Å². The summed E-state index contributed by atoms with van der Waals surface area (Å²) in [5.74, 6) is -1.34. The number of carboxylic acid groups (broad SMARTS) is 1. The average molecular weight is 385 g/mol. The van der Waals surface area contributed by atoms with E-state index in [2.05, 4.69) is 4.98 Å². The van der Waals surface area contributed by atoms with Crippen molar-refractivity contribution in [2.24, 2.45) is 0 Å². The zero-order chi connectivity index (χ0) is 19.5. The predicted molar refractivity (Wildman–Crippen MR) is 92.4 cm³/mol. The largest absolute Gasteiger partial charge is 0.478 e. The number of pyridine rings is 1. The topological polar surface area (TPSA) is 117 Å². The SMILES string of the molecule is CC(C)(C)OC(=O)N1CCCN(S(=O)(=O)c2cnccc2C(=O)O)CC1. The van der Waals surface area contributed by atoms with Crippen molar-refractivity contribution in [3.63, 3.8) is 0 Å². The number of hydrogen-bond acceptors (Lipinski definition) is 6. The van der Waals surface area contributed by atoms with E-state index in [1.165, 1.54) is 15.4 Å². The molecule has 1 amide bonds. The van der Waals surface area contributed by atoms with Crippen molar-refractivity contribution in [1.82, 2.24) is 14.2 Å². The van der Waals surface area contributed by atoms with Gasteiger partial charge in [-0.1, -0.05) is 0 Å². The summed E-state index contributed by atoms with van der Waals surface area (Å²) < 4.78 is 32.2. The number of ether oxygens (including phenoxy) is 1. The van der Waals surface area contributed by atoms with Gasteiger partial charge in [-0.05, 0) is 33.3 Å². The van der Waals surface area contributed by atoms with E-state index in [1.54, 1.807) is 20.8 Å². The molecule has 0 aliphatic carbocycles. The normalized spacial score (nSPS) is 16.8. The summed E-state index contributed by atoms with van der Waals surface area (Å²) in [7, 11) is -4.03. The quantitative estimate of drug-likeness (QED) is 0.836. The van der Waals surface area contributed by atoms with Gasteiger partial charge < -0.3 is 14.7 Å². The molecule has 0 bridgehead atoms. The maximum atomic E-state index is 12.9. The molecule has 9 nitrogen and oxygen atoms in total. The fraction of sp³-hybridized carbons (Fsp3) is 0.562. The van der Waals surface area contributed by atoms with E-state index in [1.807, 2.05) is 0 Å². The third-order valence-electron chi connectivity index (χ3n) is 3.74. The van der Waals surface area contributed by atoms with Crippen LogP contribution in [0.4, 0.5) is 4.79 Å². The van der Waals surface area contributed by atoms with Crippen LogP contribution >= 0.6 is 0 Å². The highest BCUT2D eigenvalue weighted by atomic mass is 32.2. The highest BCUT2D eigenvalue weighted by molar-refractivity contribution is 7.89. The van der Waals surface area contributed by atoms with E-state index in [0.717, 1.165) is 12.3 Å². The molecule has 0 unspecified atom stereocenters. The first-order valence-corrected chi connectivity index (χ1v) is 9.62. The second kappa shape index (κ2) is 7.58. The van der Waals surface area contributed by atoms with Crippen molar-refractivity contribution < 1.29 is 27.9 Å². The zero-order valence-electron chi connectivity index (χ0n) is 15.0. The van der Waals surface area contributed by atoms with Gasteiger partial charge in [-0.15, -0.1) is 0 Å². The molecule has 0 radical (unpaired) electrons. The van der Waals surface area contributed by atoms with Gasteiger partial charge in [0, 0.05) is 38.6 Å².